The number of carbonyl (C=O) groups is 3. The molecule has 0 aromatic heterocycles. The van der Waals surface area contributed by atoms with Gasteiger partial charge in [-0.25, -0.2) is 0 Å². The summed E-state index contributed by atoms with van der Waals surface area (Å²) in [5.74, 6) is -1.15. The van der Waals surface area contributed by atoms with E-state index in [1.165, 1.54) is 6.42 Å². The predicted molar refractivity (Wildman–Crippen MR) is 141 cm³/mol. The van der Waals surface area contributed by atoms with Crippen molar-refractivity contribution in [3.05, 3.63) is 42.0 Å². The minimum atomic E-state index is -1.08. The molecule has 2 saturated carbocycles. The molecule has 2 aliphatic carbocycles. The number of hydrogen-bond acceptors (Lipinski definition) is 4. The van der Waals surface area contributed by atoms with Crippen LogP contribution in [0.2, 0.25) is 0 Å². The Kier molecular flexibility index (Phi) is 6.38. The molecule has 37 heavy (non-hydrogen) atoms. The third kappa shape index (κ3) is 4.19. The van der Waals surface area contributed by atoms with Crippen LogP contribution in [0.4, 0.5) is 5.69 Å². The van der Waals surface area contributed by atoms with Crippen molar-refractivity contribution in [2.75, 3.05) is 5.32 Å². The van der Waals surface area contributed by atoms with Crippen LogP contribution in [0.1, 0.15) is 70.3 Å². The molecule has 3 heterocycles. The van der Waals surface area contributed by atoms with Gasteiger partial charge < -0.3 is 20.3 Å². The molecule has 2 N–H and O–H groups in total. The first kappa shape index (κ1) is 24.7. The topological polar surface area (TPSA) is 87.7 Å². The molecule has 5 aliphatic rings. The lowest BCUT2D eigenvalue weighted by Crippen LogP contribution is -2.58. The molecule has 5 atom stereocenters. The normalized spacial score (nSPS) is 37.0. The second kappa shape index (κ2) is 9.57. The molecule has 1 aromatic rings. The Bertz CT molecular complexity index is 1090. The zero-order valence-corrected chi connectivity index (χ0v) is 21.9. The molecule has 0 radical (unpaired) electrons. The fraction of sp³-hybridized carbons (Fsp3) is 0.633. The molecule has 2 saturated heterocycles. The second-order valence-corrected chi connectivity index (χ2v) is 12.1. The number of nitrogens with one attached hydrogen (secondary N) is 2. The molecule has 1 spiro atoms. The van der Waals surface area contributed by atoms with Crippen LogP contribution >= 0.6 is 0 Å². The van der Waals surface area contributed by atoms with E-state index >= 15 is 0 Å². The summed E-state index contributed by atoms with van der Waals surface area (Å²) in [5, 5.41) is 6.30. The molecule has 3 aliphatic heterocycles. The molecule has 198 valence electrons. The first-order valence-electron chi connectivity index (χ1n) is 14.2. The maximum atomic E-state index is 14.2. The number of benzene rings is 1. The Morgan fingerprint density at radius 3 is 2.38 bits per heavy atom. The molecule has 3 amide bonds. The van der Waals surface area contributed by atoms with Crippen LogP contribution in [-0.4, -0.2) is 52.5 Å². The fourth-order valence-corrected chi connectivity index (χ4v) is 7.51. The first-order chi connectivity index (χ1) is 17.9. The fourth-order valence-electron chi connectivity index (χ4n) is 7.51. The largest absolute Gasteiger partial charge is 0.359 e. The molecular formula is C30H39N3O4. The van der Waals surface area contributed by atoms with Crippen LogP contribution in [0.25, 0.3) is 0 Å². The minimum absolute atomic E-state index is 0.00245. The van der Waals surface area contributed by atoms with Crippen molar-refractivity contribution >= 4 is 23.4 Å². The van der Waals surface area contributed by atoms with Gasteiger partial charge in [0.2, 0.25) is 17.7 Å². The summed E-state index contributed by atoms with van der Waals surface area (Å²) in [6, 6.07) is 7.06. The highest BCUT2D eigenvalue weighted by Crippen LogP contribution is 2.56. The monoisotopic (exact) mass is 505 g/mol. The quantitative estimate of drug-likeness (QED) is 0.590. The summed E-state index contributed by atoms with van der Waals surface area (Å²) in [6.45, 7) is 4.25. The zero-order chi connectivity index (χ0) is 25.7. The standard InChI is InChI=1S/C30H39N3O4/c1-18-8-12-21(13-9-18)31-27(34)24-23-16-17-30(37-23)25(24)29(36)33(22-14-10-19(2)11-15-22)26(30)28(35)32-20-6-4-3-5-7-20/h8-9,12-13,16-17,19-20,22-26H,3-7,10-11,14-15H2,1-2H3,(H,31,34)(H,32,35)/t19?,22?,23-,24+,25-,26+,30-/m0/s1. The lowest BCUT2D eigenvalue weighted by Gasteiger charge is -2.40. The third-order valence-corrected chi connectivity index (χ3v) is 9.51. The summed E-state index contributed by atoms with van der Waals surface area (Å²) < 4.78 is 6.51. The van der Waals surface area contributed by atoms with Crippen LogP contribution in [0, 0.1) is 24.7 Å². The van der Waals surface area contributed by atoms with Crippen molar-refractivity contribution in [1.29, 1.82) is 0 Å². The van der Waals surface area contributed by atoms with E-state index in [0.29, 0.717) is 11.6 Å². The molecule has 2 bridgehead atoms. The Hall–Kier alpha value is -2.67. The molecule has 1 aromatic carbocycles. The predicted octanol–water partition coefficient (Wildman–Crippen LogP) is 4.11. The maximum Gasteiger partial charge on any atom is 0.246 e. The second-order valence-electron chi connectivity index (χ2n) is 12.1. The van der Waals surface area contributed by atoms with Crippen LogP contribution in [0.15, 0.2) is 36.4 Å². The van der Waals surface area contributed by atoms with E-state index in [4.69, 9.17) is 4.74 Å². The van der Waals surface area contributed by atoms with Crippen molar-refractivity contribution in [2.24, 2.45) is 17.8 Å². The maximum absolute atomic E-state index is 14.2. The summed E-state index contributed by atoms with van der Waals surface area (Å²) in [6.07, 6.45) is 12.6. The van der Waals surface area contributed by atoms with E-state index in [2.05, 4.69) is 17.6 Å². The van der Waals surface area contributed by atoms with Crippen LogP contribution in [0.3, 0.4) is 0 Å². The molecule has 7 heteroatoms. The number of ether oxygens (including phenoxy) is 1. The minimum Gasteiger partial charge on any atom is -0.359 e. The summed E-state index contributed by atoms with van der Waals surface area (Å²) in [5.41, 5.74) is 0.726. The number of rotatable bonds is 5. The number of nitrogens with zero attached hydrogens (tertiary/aromatic N) is 1. The van der Waals surface area contributed by atoms with Gasteiger partial charge >= 0.3 is 0 Å². The Balaban J connectivity index is 1.31. The van der Waals surface area contributed by atoms with Crippen LogP contribution < -0.4 is 10.6 Å². The van der Waals surface area contributed by atoms with Gasteiger partial charge in [0.25, 0.3) is 0 Å². The van der Waals surface area contributed by atoms with Gasteiger partial charge in [-0.15, -0.1) is 0 Å². The van der Waals surface area contributed by atoms with Gasteiger partial charge in [-0.05, 0) is 63.5 Å². The van der Waals surface area contributed by atoms with E-state index in [1.807, 2.05) is 48.2 Å². The van der Waals surface area contributed by atoms with Crippen LogP contribution in [-0.2, 0) is 19.1 Å². The van der Waals surface area contributed by atoms with E-state index in [-0.39, 0.29) is 29.8 Å². The smallest absolute Gasteiger partial charge is 0.246 e. The number of aryl methyl sites for hydroxylation is 1. The van der Waals surface area contributed by atoms with Crippen molar-refractivity contribution in [2.45, 2.75) is 101 Å². The Morgan fingerprint density at radius 1 is 0.973 bits per heavy atom. The Labute approximate surface area is 219 Å². The van der Waals surface area contributed by atoms with E-state index in [0.717, 1.165) is 56.9 Å². The highest BCUT2D eigenvalue weighted by Gasteiger charge is 2.73. The highest BCUT2D eigenvalue weighted by molar-refractivity contribution is 6.03. The molecular weight excluding hydrogens is 466 g/mol. The van der Waals surface area contributed by atoms with Gasteiger partial charge in [-0.1, -0.05) is 56.0 Å². The first-order valence-corrected chi connectivity index (χ1v) is 14.2. The summed E-state index contributed by atoms with van der Waals surface area (Å²) in [7, 11) is 0. The van der Waals surface area contributed by atoms with E-state index < -0.39 is 29.6 Å². The lowest BCUT2D eigenvalue weighted by molar-refractivity contribution is -0.145. The highest BCUT2D eigenvalue weighted by atomic mass is 16.5. The van der Waals surface area contributed by atoms with E-state index in [1.54, 1.807) is 0 Å². The van der Waals surface area contributed by atoms with Gasteiger partial charge in [-0.2, -0.15) is 0 Å². The van der Waals surface area contributed by atoms with Gasteiger partial charge in [0.1, 0.15) is 11.6 Å². The van der Waals surface area contributed by atoms with Gasteiger partial charge in [0, 0.05) is 17.8 Å². The Morgan fingerprint density at radius 2 is 1.68 bits per heavy atom. The SMILES string of the molecule is Cc1ccc(NC(=O)[C@@H]2[C@@H]3C=C[C@]4(O3)[C@@H]2C(=O)N(C2CCC(C)CC2)[C@@H]4C(=O)NC2CCCCC2)cc1. The molecule has 7 nitrogen and oxygen atoms in total. The molecule has 6 rings (SSSR count). The number of likely N-dealkylation sites (tertiary alicyclic amines) is 1. The van der Waals surface area contributed by atoms with Gasteiger partial charge in [0.05, 0.1) is 17.9 Å². The number of carbonyl (C=O) groups excluding carboxylic acids is 3. The van der Waals surface area contributed by atoms with Crippen molar-refractivity contribution in [3.63, 3.8) is 0 Å². The number of fused-ring (bicyclic) bond motifs is 1. The zero-order valence-electron chi connectivity index (χ0n) is 21.9. The molecule has 4 fully saturated rings. The van der Waals surface area contributed by atoms with Crippen molar-refractivity contribution in [1.82, 2.24) is 10.2 Å². The van der Waals surface area contributed by atoms with Crippen molar-refractivity contribution in [3.8, 4) is 0 Å². The van der Waals surface area contributed by atoms with E-state index in [9.17, 15) is 14.4 Å². The van der Waals surface area contributed by atoms with Gasteiger partial charge in [-0.3, -0.25) is 14.4 Å². The summed E-state index contributed by atoms with van der Waals surface area (Å²) in [4.78, 5) is 43.6. The number of hydrogen-bond donors (Lipinski definition) is 2. The number of anilines is 1. The number of amides is 3. The van der Waals surface area contributed by atoms with Crippen LogP contribution in [0.5, 0.6) is 0 Å². The molecule has 0 unspecified atom stereocenters. The van der Waals surface area contributed by atoms with Gasteiger partial charge in [0.15, 0.2) is 0 Å². The average molecular weight is 506 g/mol. The summed E-state index contributed by atoms with van der Waals surface area (Å²) >= 11 is 0. The third-order valence-electron chi connectivity index (χ3n) is 9.51. The van der Waals surface area contributed by atoms with Crippen molar-refractivity contribution < 1.29 is 19.1 Å². The average Bonchev–Trinajstić information content (AvgIpc) is 3.54. The lowest BCUT2D eigenvalue weighted by atomic mass is 9.74.